The maximum atomic E-state index is 13.4. The van der Waals surface area contributed by atoms with E-state index in [1.54, 1.807) is 18.2 Å². The maximum Gasteiger partial charge on any atom is 0.303 e. The zero-order chi connectivity index (χ0) is 15.9. The molecule has 0 saturated carbocycles. The molecule has 0 aliphatic rings. The fourth-order valence-electron chi connectivity index (χ4n) is 1.74. The number of hydrogen-bond donors (Lipinski definition) is 1. The molecule has 0 atom stereocenters. The fourth-order valence-corrected chi connectivity index (χ4v) is 1.74. The van der Waals surface area contributed by atoms with E-state index in [0.717, 1.165) is 0 Å². The van der Waals surface area contributed by atoms with Crippen molar-refractivity contribution in [1.29, 1.82) is 0 Å². The highest BCUT2D eigenvalue weighted by Crippen LogP contribution is 2.13. The summed E-state index contributed by atoms with van der Waals surface area (Å²) in [5.74, 6) is -1.37. The van der Waals surface area contributed by atoms with Crippen LogP contribution in [-0.4, -0.2) is 16.9 Å². The molecule has 0 heterocycles. The Morgan fingerprint density at radius 3 is 2.50 bits per heavy atom. The third-order valence-corrected chi connectivity index (χ3v) is 2.93. The number of aliphatic carboxylic acids is 1. The highest BCUT2D eigenvalue weighted by Gasteiger charge is 2.08. The summed E-state index contributed by atoms with van der Waals surface area (Å²) in [5.41, 5.74) is 0.664. The van der Waals surface area contributed by atoms with Crippen LogP contribution in [0.4, 0.5) is 4.39 Å². The van der Waals surface area contributed by atoms with Crippen LogP contribution >= 0.6 is 0 Å². The number of carbonyl (C=O) groups excluding carboxylic acids is 1. The van der Waals surface area contributed by atoms with Crippen LogP contribution in [0.3, 0.4) is 0 Å². The van der Waals surface area contributed by atoms with Crippen molar-refractivity contribution in [3.8, 4) is 5.75 Å². The van der Waals surface area contributed by atoms with Crippen LogP contribution in [0.1, 0.15) is 28.8 Å². The number of ketones is 1. The van der Waals surface area contributed by atoms with E-state index in [-0.39, 0.29) is 36.6 Å². The van der Waals surface area contributed by atoms with Crippen molar-refractivity contribution < 1.29 is 23.8 Å². The van der Waals surface area contributed by atoms with E-state index < -0.39 is 5.97 Å². The van der Waals surface area contributed by atoms with Crippen LogP contribution in [0.2, 0.25) is 0 Å². The Morgan fingerprint density at radius 1 is 1.09 bits per heavy atom. The van der Waals surface area contributed by atoms with Crippen LogP contribution in [0, 0.1) is 17.9 Å². The number of rotatable bonds is 7. The van der Waals surface area contributed by atoms with Gasteiger partial charge in [-0.3, -0.25) is 9.59 Å². The van der Waals surface area contributed by atoms with Crippen molar-refractivity contribution in [3.05, 3.63) is 65.5 Å². The molecule has 0 aromatic heterocycles. The van der Waals surface area contributed by atoms with E-state index in [1.165, 1.54) is 18.2 Å². The average molecular weight is 300 g/mol. The molecule has 1 N–H and O–H groups in total. The SMILES string of the molecule is O=C(O)CCC(=O)c1c#cc(OCc2ccccc2F)cc1. The fraction of sp³-hybridized carbons (Fsp3) is 0.176. The molecule has 0 radical (unpaired) electrons. The third-order valence-electron chi connectivity index (χ3n) is 2.93. The maximum absolute atomic E-state index is 13.4. The van der Waals surface area contributed by atoms with Gasteiger partial charge in [0.2, 0.25) is 0 Å². The molecule has 112 valence electrons. The zero-order valence-corrected chi connectivity index (χ0v) is 11.6. The van der Waals surface area contributed by atoms with Gasteiger partial charge in [0.1, 0.15) is 12.4 Å². The van der Waals surface area contributed by atoms with Crippen LogP contribution < -0.4 is 4.74 Å². The highest BCUT2D eigenvalue weighted by atomic mass is 19.1. The number of halogens is 1. The molecule has 0 bridgehead atoms. The van der Waals surface area contributed by atoms with E-state index in [9.17, 15) is 14.0 Å². The Kier molecular flexibility index (Phi) is 5.10. The Labute approximate surface area is 127 Å². The summed E-state index contributed by atoms with van der Waals surface area (Å²) in [4.78, 5) is 22.1. The van der Waals surface area contributed by atoms with Gasteiger partial charge in [-0.2, -0.15) is 0 Å². The first kappa shape index (κ1) is 15.5. The van der Waals surface area contributed by atoms with E-state index in [1.807, 2.05) is 0 Å². The Balaban J connectivity index is 1.93. The van der Waals surface area contributed by atoms with Crippen LogP contribution in [0.15, 0.2) is 36.4 Å². The van der Waals surface area contributed by atoms with Crippen LogP contribution in [0.5, 0.6) is 5.75 Å². The van der Waals surface area contributed by atoms with Crippen molar-refractivity contribution in [2.75, 3.05) is 0 Å². The number of benzene rings is 1. The van der Waals surface area contributed by atoms with Gasteiger partial charge in [0.05, 0.1) is 12.0 Å². The topological polar surface area (TPSA) is 63.6 Å². The van der Waals surface area contributed by atoms with Gasteiger partial charge >= 0.3 is 5.97 Å². The second-order valence-corrected chi connectivity index (χ2v) is 4.56. The number of hydrogen-bond acceptors (Lipinski definition) is 3. The van der Waals surface area contributed by atoms with Crippen LogP contribution in [0.25, 0.3) is 0 Å². The lowest BCUT2D eigenvalue weighted by Crippen LogP contribution is -2.03. The normalized spacial score (nSPS) is 9.86. The summed E-state index contributed by atoms with van der Waals surface area (Å²) in [6, 6.07) is 14.5. The van der Waals surface area contributed by atoms with E-state index in [0.29, 0.717) is 11.3 Å². The molecule has 0 fully saturated rings. The van der Waals surface area contributed by atoms with Crippen molar-refractivity contribution in [2.24, 2.45) is 0 Å². The molecule has 2 aromatic carbocycles. The molecule has 22 heavy (non-hydrogen) atoms. The quantitative estimate of drug-likeness (QED) is 0.798. The van der Waals surface area contributed by atoms with Gasteiger partial charge < -0.3 is 9.84 Å². The smallest absolute Gasteiger partial charge is 0.303 e. The van der Waals surface area contributed by atoms with Crippen LogP contribution in [-0.2, 0) is 11.4 Å². The lowest BCUT2D eigenvalue weighted by Gasteiger charge is -2.05. The summed E-state index contributed by atoms with van der Waals surface area (Å²) in [6.45, 7) is 0.0450. The number of carboxylic acids is 1. The summed E-state index contributed by atoms with van der Waals surface area (Å²) in [6.07, 6.45) is -0.312. The monoisotopic (exact) mass is 300 g/mol. The molecule has 0 aliphatic heterocycles. The summed E-state index contributed by atoms with van der Waals surface area (Å²) < 4.78 is 18.8. The molecule has 0 amide bonds. The lowest BCUT2D eigenvalue weighted by atomic mass is 10.1. The van der Waals surface area contributed by atoms with Gasteiger partial charge in [-0.25, -0.2) is 4.39 Å². The molecule has 0 saturated heterocycles. The second kappa shape index (κ2) is 7.23. The predicted molar refractivity (Wildman–Crippen MR) is 76.0 cm³/mol. The predicted octanol–water partition coefficient (Wildman–Crippen LogP) is 3.05. The molecule has 5 heteroatoms. The van der Waals surface area contributed by atoms with Crippen molar-refractivity contribution >= 4 is 11.8 Å². The molecular formula is C17H13FO4. The molecule has 4 nitrogen and oxygen atoms in total. The minimum absolute atomic E-state index is 0.0450. The average Bonchev–Trinajstić information content (AvgIpc) is 2.52. The van der Waals surface area contributed by atoms with Crippen molar-refractivity contribution in [3.63, 3.8) is 0 Å². The van der Waals surface area contributed by atoms with Gasteiger partial charge in [0.15, 0.2) is 11.5 Å². The molecule has 2 aromatic rings. The molecule has 0 aliphatic carbocycles. The molecule has 0 unspecified atom stereocenters. The molecule has 0 spiro atoms. The van der Waals surface area contributed by atoms with E-state index >= 15 is 0 Å². The van der Waals surface area contributed by atoms with Gasteiger partial charge in [0.25, 0.3) is 0 Å². The van der Waals surface area contributed by atoms with Gasteiger partial charge in [-0.15, -0.1) is 0 Å². The first-order valence-corrected chi connectivity index (χ1v) is 6.61. The summed E-state index contributed by atoms with van der Waals surface area (Å²) in [7, 11) is 0. The summed E-state index contributed by atoms with van der Waals surface area (Å²) >= 11 is 0. The first-order chi connectivity index (χ1) is 10.6. The Morgan fingerprint density at radius 2 is 1.86 bits per heavy atom. The lowest BCUT2D eigenvalue weighted by molar-refractivity contribution is -0.136. The Hall–Kier alpha value is -2.87. The van der Waals surface area contributed by atoms with Gasteiger partial charge in [0, 0.05) is 12.0 Å². The highest BCUT2D eigenvalue weighted by molar-refractivity contribution is 5.96. The largest absolute Gasteiger partial charge is 0.481 e. The minimum Gasteiger partial charge on any atom is -0.481 e. The standard InChI is InChI=1S/C17H13FO4/c18-15-4-2-1-3-13(15)11-22-14-7-5-12(6-8-14)16(19)9-10-17(20)21/h1-5,7H,9-11H2,(H,20,21). The van der Waals surface area contributed by atoms with Crippen molar-refractivity contribution in [1.82, 2.24) is 0 Å². The van der Waals surface area contributed by atoms with E-state index in [4.69, 9.17) is 9.84 Å². The van der Waals surface area contributed by atoms with Gasteiger partial charge in [-0.05, 0) is 24.3 Å². The zero-order valence-electron chi connectivity index (χ0n) is 11.6. The second-order valence-electron chi connectivity index (χ2n) is 4.56. The van der Waals surface area contributed by atoms with E-state index in [2.05, 4.69) is 12.1 Å². The summed E-state index contributed by atoms with van der Waals surface area (Å²) in [5, 5.41) is 8.53. The molecule has 2 rings (SSSR count). The van der Waals surface area contributed by atoms with Gasteiger partial charge in [-0.1, -0.05) is 24.3 Å². The third kappa shape index (κ3) is 4.32. The molecular weight excluding hydrogens is 287 g/mol. The van der Waals surface area contributed by atoms with Crippen molar-refractivity contribution in [2.45, 2.75) is 19.4 Å². The first-order valence-electron chi connectivity index (χ1n) is 6.61. The minimum atomic E-state index is -1.03. The number of carbonyl (C=O) groups is 2. The Bertz CT molecular complexity index is 665. The number of ether oxygens (including phenoxy) is 1. The number of Topliss-reactive ketones (excluding diaryl/α,β-unsaturated/α-hetero) is 1. The number of carboxylic acid groups (broad SMARTS) is 1.